The van der Waals surface area contributed by atoms with E-state index in [0.717, 1.165) is 51.3 Å². The Morgan fingerprint density at radius 2 is 2.38 bits per heavy atom. The van der Waals surface area contributed by atoms with Gasteiger partial charge in [-0.05, 0) is 51.6 Å². The number of amides is 1. The first kappa shape index (κ1) is 14.6. The second kappa shape index (κ2) is 6.60. The molecule has 0 bridgehead atoms. The lowest BCUT2D eigenvalue weighted by atomic mass is 10.0. The highest BCUT2D eigenvalue weighted by Gasteiger charge is 2.29. The lowest BCUT2D eigenvalue weighted by Crippen LogP contribution is -2.38. The summed E-state index contributed by atoms with van der Waals surface area (Å²) in [6, 6.07) is 0.354. The highest BCUT2D eigenvalue weighted by Crippen LogP contribution is 2.22. The molecule has 0 aromatic carbocycles. The maximum Gasteiger partial charge on any atom is 0.222 e. The van der Waals surface area contributed by atoms with Crippen molar-refractivity contribution in [1.82, 2.24) is 19.8 Å². The first-order valence-corrected chi connectivity index (χ1v) is 8.22. The molecule has 0 spiro atoms. The third-order valence-corrected chi connectivity index (χ3v) is 4.96. The lowest BCUT2D eigenvalue weighted by molar-refractivity contribution is -0.132. The molecule has 2 unspecified atom stereocenters. The Balaban J connectivity index is 1.53. The molecule has 2 aliphatic heterocycles. The quantitative estimate of drug-likeness (QED) is 0.895. The van der Waals surface area contributed by atoms with Gasteiger partial charge in [0, 0.05) is 37.9 Å². The molecule has 3 heterocycles. The number of hydrogen-bond acceptors (Lipinski definition) is 3. The first-order chi connectivity index (χ1) is 10.2. The van der Waals surface area contributed by atoms with Crippen LogP contribution in [0.2, 0.25) is 0 Å². The third kappa shape index (κ3) is 3.46. The van der Waals surface area contributed by atoms with Crippen LogP contribution in [-0.4, -0.2) is 46.0 Å². The monoisotopic (exact) mass is 290 g/mol. The van der Waals surface area contributed by atoms with E-state index in [1.807, 2.05) is 19.3 Å². The van der Waals surface area contributed by atoms with E-state index in [1.165, 1.54) is 6.42 Å². The number of carbonyl (C=O) groups excluding carboxylic acids is 1. The number of nitrogens with zero attached hydrogens (tertiary/aromatic N) is 3. The summed E-state index contributed by atoms with van der Waals surface area (Å²) in [5, 5.41) is 3.38. The molecule has 2 saturated heterocycles. The maximum absolute atomic E-state index is 12.5. The summed E-state index contributed by atoms with van der Waals surface area (Å²) in [6.45, 7) is 6.05. The summed E-state index contributed by atoms with van der Waals surface area (Å²) in [7, 11) is 0. The van der Waals surface area contributed by atoms with Crippen molar-refractivity contribution in [2.24, 2.45) is 5.92 Å². The van der Waals surface area contributed by atoms with Gasteiger partial charge in [-0.1, -0.05) is 0 Å². The zero-order valence-corrected chi connectivity index (χ0v) is 12.9. The minimum Gasteiger partial charge on any atom is -0.338 e. The van der Waals surface area contributed by atoms with Crippen LogP contribution in [0, 0.1) is 12.8 Å². The normalized spacial score (nSPS) is 25.7. The fourth-order valence-corrected chi connectivity index (χ4v) is 3.61. The van der Waals surface area contributed by atoms with E-state index in [1.54, 1.807) is 0 Å². The predicted molar refractivity (Wildman–Crippen MR) is 81.9 cm³/mol. The van der Waals surface area contributed by atoms with E-state index in [2.05, 4.69) is 19.8 Å². The van der Waals surface area contributed by atoms with Crippen molar-refractivity contribution >= 4 is 5.91 Å². The van der Waals surface area contributed by atoms with Gasteiger partial charge in [-0.15, -0.1) is 0 Å². The van der Waals surface area contributed by atoms with Gasteiger partial charge < -0.3 is 14.8 Å². The van der Waals surface area contributed by atoms with Gasteiger partial charge >= 0.3 is 0 Å². The standard InChI is InChI=1S/C16H26N4O/c1-13-18-8-10-19(13)12-15-3-2-9-20(15)16(21)5-4-14-6-7-17-11-14/h8,10,14-15,17H,2-7,9,11-12H2,1H3. The SMILES string of the molecule is Cc1nccn1CC1CCCN1C(=O)CCC1CCNC1. The number of imidazole rings is 1. The molecule has 0 radical (unpaired) electrons. The van der Waals surface area contributed by atoms with Crippen LogP contribution in [0.3, 0.4) is 0 Å². The minimum absolute atomic E-state index is 0.349. The van der Waals surface area contributed by atoms with Crippen molar-refractivity contribution in [3.05, 3.63) is 18.2 Å². The van der Waals surface area contributed by atoms with Crippen LogP contribution in [0.5, 0.6) is 0 Å². The Morgan fingerprint density at radius 1 is 1.48 bits per heavy atom. The molecule has 21 heavy (non-hydrogen) atoms. The van der Waals surface area contributed by atoms with Crippen molar-refractivity contribution < 1.29 is 4.79 Å². The van der Waals surface area contributed by atoms with E-state index in [4.69, 9.17) is 0 Å². The second-order valence-electron chi connectivity index (χ2n) is 6.41. The Bertz CT molecular complexity index is 478. The van der Waals surface area contributed by atoms with Crippen LogP contribution in [-0.2, 0) is 11.3 Å². The van der Waals surface area contributed by atoms with Gasteiger partial charge in [-0.2, -0.15) is 0 Å². The van der Waals surface area contributed by atoms with Gasteiger partial charge in [-0.25, -0.2) is 4.98 Å². The Hall–Kier alpha value is -1.36. The van der Waals surface area contributed by atoms with E-state index < -0.39 is 0 Å². The topological polar surface area (TPSA) is 50.2 Å². The van der Waals surface area contributed by atoms with Crippen molar-refractivity contribution in [3.8, 4) is 0 Å². The van der Waals surface area contributed by atoms with Crippen LogP contribution in [0.4, 0.5) is 0 Å². The molecule has 116 valence electrons. The second-order valence-corrected chi connectivity index (χ2v) is 6.41. The van der Waals surface area contributed by atoms with Crippen LogP contribution >= 0.6 is 0 Å². The molecular weight excluding hydrogens is 264 g/mol. The minimum atomic E-state index is 0.349. The van der Waals surface area contributed by atoms with Crippen molar-refractivity contribution in [1.29, 1.82) is 0 Å². The largest absolute Gasteiger partial charge is 0.338 e. The number of rotatable bonds is 5. The van der Waals surface area contributed by atoms with Crippen molar-refractivity contribution in [2.45, 2.75) is 51.6 Å². The van der Waals surface area contributed by atoms with Gasteiger partial charge in [-0.3, -0.25) is 4.79 Å². The fourth-order valence-electron chi connectivity index (χ4n) is 3.61. The van der Waals surface area contributed by atoms with Gasteiger partial charge in [0.05, 0.1) is 0 Å². The summed E-state index contributed by atoms with van der Waals surface area (Å²) in [5.41, 5.74) is 0. The third-order valence-electron chi connectivity index (χ3n) is 4.96. The highest BCUT2D eigenvalue weighted by molar-refractivity contribution is 5.76. The van der Waals surface area contributed by atoms with Crippen LogP contribution in [0.25, 0.3) is 0 Å². The number of hydrogen-bond donors (Lipinski definition) is 1. The van der Waals surface area contributed by atoms with Crippen LogP contribution in [0.1, 0.15) is 37.9 Å². The molecule has 1 amide bonds. The first-order valence-electron chi connectivity index (χ1n) is 8.22. The van der Waals surface area contributed by atoms with Gasteiger partial charge in [0.25, 0.3) is 0 Å². The zero-order valence-electron chi connectivity index (χ0n) is 12.9. The number of carbonyl (C=O) groups is 1. The predicted octanol–water partition coefficient (Wildman–Crippen LogP) is 1.57. The molecule has 2 fully saturated rings. The summed E-state index contributed by atoms with van der Waals surface area (Å²) in [5.74, 6) is 2.08. The smallest absolute Gasteiger partial charge is 0.222 e. The molecule has 1 aromatic heterocycles. The summed E-state index contributed by atoms with van der Waals surface area (Å²) in [4.78, 5) is 18.9. The van der Waals surface area contributed by atoms with Gasteiger partial charge in [0.15, 0.2) is 0 Å². The molecule has 2 aliphatic rings. The molecule has 3 rings (SSSR count). The van der Waals surface area contributed by atoms with Crippen LogP contribution < -0.4 is 5.32 Å². The Kier molecular flexibility index (Phi) is 4.58. The number of nitrogens with one attached hydrogen (secondary N) is 1. The average molecular weight is 290 g/mol. The zero-order chi connectivity index (χ0) is 14.7. The molecule has 2 atom stereocenters. The van der Waals surface area contributed by atoms with Gasteiger partial charge in [0.1, 0.15) is 5.82 Å². The lowest BCUT2D eigenvalue weighted by Gasteiger charge is -2.26. The summed E-state index contributed by atoms with van der Waals surface area (Å²) >= 11 is 0. The number of aryl methyl sites for hydroxylation is 1. The molecule has 5 nitrogen and oxygen atoms in total. The van der Waals surface area contributed by atoms with Gasteiger partial charge in [0.2, 0.25) is 5.91 Å². The van der Waals surface area contributed by atoms with Crippen molar-refractivity contribution in [3.63, 3.8) is 0 Å². The van der Waals surface area contributed by atoms with E-state index in [0.29, 0.717) is 24.3 Å². The Labute approximate surface area is 126 Å². The fraction of sp³-hybridized carbons (Fsp3) is 0.750. The van der Waals surface area contributed by atoms with E-state index in [-0.39, 0.29) is 0 Å². The molecule has 0 saturated carbocycles. The molecule has 5 heteroatoms. The van der Waals surface area contributed by atoms with E-state index in [9.17, 15) is 4.79 Å². The highest BCUT2D eigenvalue weighted by atomic mass is 16.2. The van der Waals surface area contributed by atoms with E-state index >= 15 is 0 Å². The maximum atomic E-state index is 12.5. The molecule has 1 N–H and O–H groups in total. The number of likely N-dealkylation sites (tertiary alicyclic amines) is 1. The summed E-state index contributed by atoms with van der Waals surface area (Å²) in [6.07, 6.45) is 9.09. The van der Waals surface area contributed by atoms with Crippen molar-refractivity contribution in [2.75, 3.05) is 19.6 Å². The van der Waals surface area contributed by atoms with Crippen LogP contribution in [0.15, 0.2) is 12.4 Å². The molecular formula is C16H26N4O. The molecule has 1 aromatic rings. The summed E-state index contributed by atoms with van der Waals surface area (Å²) < 4.78 is 2.16. The molecule has 0 aliphatic carbocycles. The average Bonchev–Trinajstić information content (AvgIpc) is 3.20. The number of aromatic nitrogens is 2. The Morgan fingerprint density at radius 3 is 3.10 bits per heavy atom.